The van der Waals surface area contributed by atoms with Crippen LogP contribution < -0.4 is 0 Å². The molecule has 0 N–H and O–H groups in total. The maximum absolute atomic E-state index is 5.57. The van der Waals surface area contributed by atoms with Gasteiger partial charge in [-0.2, -0.15) is 0 Å². The summed E-state index contributed by atoms with van der Waals surface area (Å²) >= 11 is 3.43. The highest BCUT2D eigenvalue weighted by Crippen LogP contribution is 2.32. The van der Waals surface area contributed by atoms with Gasteiger partial charge in [-0.1, -0.05) is 40.7 Å². The zero-order valence-electron chi connectivity index (χ0n) is 7.70. The molecule has 74 valence electrons. The first-order chi connectivity index (χ1) is 6.77. The van der Waals surface area contributed by atoms with Crippen LogP contribution >= 0.6 is 15.9 Å². The fourth-order valence-corrected chi connectivity index (χ4v) is 1.94. The molecule has 3 heteroatoms. The maximum Gasteiger partial charge on any atom is 0.148 e. The van der Waals surface area contributed by atoms with E-state index >= 15 is 0 Å². The van der Waals surface area contributed by atoms with E-state index in [-0.39, 0.29) is 0 Å². The highest BCUT2D eigenvalue weighted by atomic mass is 79.9. The van der Waals surface area contributed by atoms with E-state index in [1.54, 1.807) is 6.08 Å². The van der Waals surface area contributed by atoms with E-state index in [2.05, 4.69) is 22.5 Å². The van der Waals surface area contributed by atoms with Crippen molar-refractivity contribution in [3.05, 3.63) is 47.0 Å². The van der Waals surface area contributed by atoms with Gasteiger partial charge in [0, 0.05) is 4.47 Å². The molecule has 0 unspecified atom stereocenters. The molecule has 0 bridgehead atoms. The van der Waals surface area contributed by atoms with Crippen molar-refractivity contribution in [2.45, 2.75) is 5.60 Å². The van der Waals surface area contributed by atoms with Crippen molar-refractivity contribution < 1.29 is 9.47 Å². The number of benzene rings is 1. The molecule has 1 saturated heterocycles. The Labute approximate surface area is 91.7 Å². The zero-order chi connectivity index (χ0) is 10.0. The Kier molecular flexibility index (Phi) is 2.72. The summed E-state index contributed by atoms with van der Waals surface area (Å²) in [6.45, 7) is 4.67. The maximum atomic E-state index is 5.57. The minimum absolute atomic E-state index is 0.332. The summed E-state index contributed by atoms with van der Waals surface area (Å²) in [5.74, 6) is 0. The van der Waals surface area contributed by atoms with Gasteiger partial charge in [-0.05, 0) is 17.7 Å². The Hall–Kier alpha value is -0.640. The second kappa shape index (κ2) is 3.85. The van der Waals surface area contributed by atoms with Gasteiger partial charge >= 0.3 is 0 Å². The van der Waals surface area contributed by atoms with Crippen LogP contribution in [0.1, 0.15) is 5.56 Å². The molecule has 0 spiro atoms. The Balaban J connectivity index is 2.40. The molecule has 1 aliphatic heterocycles. The minimum atomic E-state index is -0.468. The highest BCUT2D eigenvalue weighted by Gasteiger charge is 2.34. The predicted octanol–water partition coefficient (Wildman–Crippen LogP) is 2.83. The lowest BCUT2D eigenvalue weighted by Crippen LogP contribution is -2.25. The van der Waals surface area contributed by atoms with Gasteiger partial charge in [-0.25, -0.2) is 0 Å². The molecule has 1 heterocycles. The molecule has 14 heavy (non-hydrogen) atoms. The predicted molar refractivity (Wildman–Crippen MR) is 57.9 cm³/mol. The SMILES string of the molecule is C=C[C@@]1(c2cccc(Br)c2)COCO1. The standard InChI is InChI=1S/C11H11BrO2/c1-2-11(7-13-8-14-11)9-4-3-5-10(12)6-9/h2-6H,1,7-8H2/t11-/m0/s1. The van der Waals surface area contributed by atoms with E-state index in [1.807, 2.05) is 24.3 Å². The van der Waals surface area contributed by atoms with E-state index in [1.165, 1.54) is 0 Å². The topological polar surface area (TPSA) is 18.5 Å². The lowest BCUT2D eigenvalue weighted by molar-refractivity contribution is 0.0154. The van der Waals surface area contributed by atoms with Crippen molar-refractivity contribution in [2.75, 3.05) is 13.4 Å². The molecule has 0 amide bonds. The van der Waals surface area contributed by atoms with Crippen molar-refractivity contribution in [1.82, 2.24) is 0 Å². The van der Waals surface area contributed by atoms with Crippen molar-refractivity contribution in [3.8, 4) is 0 Å². The Morgan fingerprint density at radius 1 is 1.50 bits per heavy atom. The smallest absolute Gasteiger partial charge is 0.148 e. The summed E-state index contributed by atoms with van der Waals surface area (Å²) in [5.41, 5.74) is 0.600. The normalized spacial score (nSPS) is 26.4. The summed E-state index contributed by atoms with van der Waals surface area (Å²) in [7, 11) is 0. The van der Waals surface area contributed by atoms with Crippen LogP contribution in [0.25, 0.3) is 0 Å². The van der Waals surface area contributed by atoms with Crippen LogP contribution in [0.2, 0.25) is 0 Å². The molecular weight excluding hydrogens is 244 g/mol. The second-order valence-corrected chi connectivity index (χ2v) is 4.13. The van der Waals surface area contributed by atoms with Gasteiger partial charge in [0.15, 0.2) is 0 Å². The quantitative estimate of drug-likeness (QED) is 0.756. The Morgan fingerprint density at radius 3 is 2.93 bits per heavy atom. The summed E-state index contributed by atoms with van der Waals surface area (Å²) in [4.78, 5) is 0. The minimum Gasteiger partial charge on any atom is -0.352 e. The van der Waals surface area contributed by atoms with Gasteiger partial charge in [-0.15, -0.1) is 0 Å². The molecule has 0 aromatic heterocycles. The van der Waals surface area contributed by atoms with Crippen LogP contribution in [0.3, 0.4) is 0 Å². The number of halogens is 1. The summed E-state index contributed by atoms with van der Waals surface area (Å²) in [6.07, 6.45) is 1.79. The molecule has 0 aliphatic carbocycles. The number of ether oxygens (including phenoxy) is 2. The van der Waals surface area contributed by atoms with Crippen LogP contribution in [-0.4, -0.2) is 13.4 Å². The number of rotatable bonds is 2. The Bertz CT molecular complexity index is 343. The fraction of sp³-hybridized carbons (Fsp3) is 0.273. The summed E-state index contributed by atoms with van der Waals surface area (Å²) in [5, 5.41) is 0. The third-order valence-corrected chi connectivity index (χ3v) is 2.85. The first kappa shape index (κ1) is 9.90. The van der Waals surface area contributed by atoms with Crippen molar-refractivity contribution in [3.63, 3.8) is 0 Å². The first-order valence-corrected chi connectivity index (χ1v) is 5.17. The molecule has 1 aromatic carbocycles. The van der Waals surface area contributed by atoms with Crippen LogP contribution in [0.4, 0.5) is 0 Å². The van der Waals surface area contributed by atoms with Crippen LogP contribution in [0, 0.1) is 0 Å². The molecule has 1 aliphatic rings. The monoisotopic (exact) mass is 254 g/mol. The van der Waals surface area contributed by atoms with Crippen LogP contribution in [0.15, 0.2) is 41.4 Å². The third-order valence-electron chi connectivity index (χ3n) is 2.36. The van der Waals surface area contributed by atoms with E-state index in [0.29, 0.717) is 13.4 Å². The van der Waals surface area contributed by atoms with E-state index in [9.17, 15) is 0 Å². The molecule has 2 rings (SSSR count). The van der Waals surface area contributed by atoms with E-state index in [4.69, 9.17) is 9.47 Å². The fourth-order valence-electron chi connectivity index (χ4n) is 1.54. The van der Waals surface area contributed by atoms with Gasteiger partial charge in [0.05, 0.1) is 6.61 Å². The highest BCUT2D eigenvalue weighted by molar-refractivity contribution is 9.10. The van der Waals surface area contributed by atoms with Crippen molar-refractivity contribution >= 4 is 15.9 Å². The molecule has 0 radical (unpaired) electrons. The average Bonchev–Trinajstić information content (AvgIpc) is 2.67. The molecule has 1 aromatic rings. The molecule has 1 fully saturated rings. The van der Waals surface area contributed by atoms with E-state index in [0.717, 1.165) is 10.0 Å². The molecule has 1 atom stereocenters. The van der Waals surface area contributed by atoms with Crippen LogP contribution in [0.5, 0.6) is 0 Å². The third kappa shape index (κ3) is 1.63. The molecule has 2 nitrogen and oxygen atoms in total. The second-order valence-electron chi connectivity index (χ2n) is 3.21. The number of hydrogen-bond donors (Lipinski definition) is 0. The summed E-state index contributed by atoms with van der Waals surface area (Å²) < 4.78 is 11.8. The van der Waals surface area contributed by atoms with Crippen LogP contribution in [-0.2, 0) is 15.1 Å². The first-order valence-electron chi connectivity index (χ1n) is 4.38. The van der Waals surface area contributed by atoms with Gasteiger partial charge in [0.25, 0.3) is 0 Å². The lowest BCUT2D eigenvalue weighted by Gasteiger charge is -2.22. The summed E-state index contributed by atoms with van der Waals surface area (Å²) in [6, 6.07) is 8.00. The van der Waals surface area contributed by atoms with Gasteiger partial charge < -0.3 is 9.47 Å². The Morgan fingerprint density at radius 2 is 2.36 bits per heavy atom. The van der Waals surface area contributed by atoms with Crippen molar-refractivity contribution in [2.24, 2.45) is 0 Å². The van der Waals surface area contributed by atoms with Crippen molar-refractivity contribution in [1.29, 1.82) is 0 Å². The van der Waals surface area contributed by atoms with Gasteiger partial charge in [0.1, 0.15) is 12.4 Å². The molecule has 0 saturated carbocycles. The van der Waals surface area contributed by atoms with Gasteiger partial charge in [-0.3, -0.25) is 0 Å². The van der Waals surface area contributed by atoms with E-state index < -0.39 is 5.60 Å². The lowest BCUT2D eigenvalue weighted by atomic mass is 9.95. The van der Waals surface area contributed by atoms with Gasteiger partial charge in [0.2, 0.25) is 0 Å². The largest absolute Gasteiger partial charge is 0.352 e. The zero-order valence-corrected chi connectivity index (χ0v) is 9.29. The molecular formula is C11H11BrO2. The number of hydrogen-bond acceptors (Lipinski definition) is 2. The average molecular weight is 255 g/mol.